The minimum absolute atomic E-state index is 0.658. The second-order valence-corrected chi connectivity index (χ2v) is 15.2. The van der Waals surface area contributed by atoms with E-state index in [0.717, 1.165) is 22.1 Å². The summed E-state index contributed by atoms with van der Waals surface area (Å²) < 4.78 is 5.29. The lowest BCUT2D eigenvalue weighted by molar-refractivity contribution is 1.08. The molecule has 3 nitrogen and oxygen atoms in total. The SMILES string of the molecule is c1ccc(-c2nc(-c3ccccc3)nc(-c3ccc(-c4cc5sc6ccccc6c5c5c4ccc4c6ccccc6sc45)c4ccccc34)n2)cc1. The molecule has 3 aromatic heterocycles. The fraction of sp³-hybridized carbons (Fsp3) is 0. The summed E-state index contributed by atoms with van der Waals surface area (Å²) in [5.41, 5.74) is 5.33. The van der Waals surface area contributed by atoms with E-state index in [4.69, 9.17) is 15.0 Å². The normalized spacial score (nSPS) is 11.8. The van der Waals surface area contributed by atoms with Crippen molar-refractivity contribution in [3.05, 3.63) is 164 Å². The third-order valence-corrected chi connectivity index (χ3v) is 12.5. The van der Waals surface area contributed by atoms with Gasteiger partial charge >= 0.3 is 0 Å². The average Bonchev–Trinajstić information content (AvgIpc) is 3.79. The molecule has 0 saturated carbocycles. The van der Waals surface area contributed by atoms with E-state index in [2.05, 4.69) is 127 Å². The Labute approximate surface area is 307 Å². The van der Waals surface area contributed by atoms with Gasteiger partial charge in [0.25, 0.3) is 0 Å². The quantitative estimate of drug-likeness (QED) is 0.184. The summed E-state index contributed by atoms with van der Waals surface area (Å²) in [6.45, 7) is 0. The van der Waals surface area contributed by atoms with Crippen LogP contribution in [0.15, 0.2) is 164 Å². The van der Waals surface area contributed by atoms with Gasteiger partial charge in [-0.05, 0) is 51.6 Å². The van der Waals surface area contributed by atoms with Gasteiger partial charge in [-0.15, -0.1) is 22.7 Å². The highest BCUT2D eigenvalue weighted by Crippen LogP contribution is 2.49. The molecule has 5 heteroatoms. The van der Waals surface area contributed by atoms with Crippen LogP contribution in [0.4, 0.5) is 0 Å². The molecule has 242 valence electrons. The van der Waals surface area contributed by atoms with Crippen LogP contribution in [-0.4, -0.2) is 15.0 Å². The molecule has 52 heavy (non-hydrogen) atoms. The van der Waals surface area contributed by atoms with Crippen molar-refractivity contribution in [1.29, 1.82) is 0 Å². The zero-order chi connectivity index (χ0) is 34.2. The number of hydrogen-bond acceptors (Lipinski definition) is 5. The number of nitrogens with zero attached hydrogens (tertiary/aromatic N) is 3. The van der Waals surface area contributed by atoms with Crippen molar-refractivity contribution in [3.63, 3.8) is 0 Å². The Bertz CT molecular complexity index is 3120. The van der Waals surface area contributed by atoms with Gasteiger partial charge in [0.05, 0.1) is 0 Å². The molecule has 0 spiro atoms. The molecule has 0 saturated heterocycles. The maximum Gasteiger partial charge on any atom is 0.164 e. The minimum atomic E-state index is 0.658. The maximum absolute atomic E-state index is 5.10. The monoisotopic (exact) mass is 697 g/mol. The van der Waals surface area contributed by atoms with Crippen LogP contribution in [0.3, 0.4) is 0 Å². The molecule has 0 atom stereocenters. The Morgan fingerprint density at radius 3 is 1.52 bits per heavy atom. The fourth-order valence-corrected chi connectivity index (χ4v) is 10.2. The molecule has 0 aliphatic rings. The molecule has 0 N–H and O–H groups in total. The molecule has 11 aromatic rings. The Morgan fingerprint density at radius 2 is 0.827 bits per heavy atom. The summed E-state index contributed by atoms with van der Waals surface area (Å²) in [5.74, 6) is 1.98. The van der Waals surface area contributed by atoms with Gasteiger partial charge in [0.1, 0.15) is 0 Å². The maximum atomic E-state index is 5.10. The molecule has 0 radical (unpaired) electrons. The van der Waals surface area contributed by atoms with E-state index < -0.39 is 0 Å². The molecular weight excluding hydrogens is 671 g/mol. The third-order valence-electron chi connectivity index (χ3n) is 10.1. The highest BCUT2D eigenvalue weighted by Gasteiger charge is 2.21. The molecule has 0 aliphatic heterocycles. The van der Waals surface area contributed by atoms with Gasteiger partial charge < -0.3 is 0 Å². The van der Waals surface area contributed by atoms with Gasteiger partial charge in [0.2, 0.25) is 0 Å². The molecule has 8 aromatic carbocycles. The number of rotatable bonds is 4. The molecule has 0 amide bonds. The van der Waals surface area contributed by atoms with Crippen molar-refractivity contribution in [2.24, 2.45) is 0 Å². The van der Waals surface area contributed by atoms with Crippen LogP contribution in [0.25, 0.3) is 107 Å². The lowest BCUT2D eigenvalue weighted by Gasteiger charge is -2.15. The number of thiophene rings is 2. The van der Waals surface area contributed by atoms with Crippen LogP contribution in [0, 0.1) is 0 Å². The van der Waals surface area contributed by atoms with Crippen LogP contribution in [0.1, 0.15) is 0 Å². The van der Waals surface area contributed by atoms with Crippen molar-refractivity contribution in [3.8, 4) is 45.3 Å². The first-order valence-corrected chi connectivity index (χ1v) is 19.0. The Morgan fingerprint density at radius 1 is 0.308 bits per heavy atom. The number of benzene rings is 8. The van der Waals surface area contributed by atoms with Gasteiger partial charge in [-0.25, -0.2) is 15.0 Å². The van der Waals surface area contributed by atoms with Gasteiger partial charge in [-0.2, -0.15) is 0 Å². The van der Waals surface area contributed by atoms with E-state index in [1.165, 1.54) is 67.6 Å². The topological polar surface area (TPSA) is 38.7 Å². The van der Waals surface area contributed by atoms with E-state index in [-0.39, 0.29) is 0 Å². The predicted molar refractivity (Wildman–Crippen MR) is 222 cm³/mol. The van der Waals surface area contributed by atoms with Crippen molar-refractivity contribution in [2.75, 3.05) is 0 Å². The molecule has 11 rings (SSSR count). The lowest BCUT2D eigenvalue weighted by Crippen LogP contribution is -2.00. The van der Waals surface area contributed by atoms with E-state index in [1.807, 2.05) is 59.1 Å². The lowest BCUT2D eigenvalue weighted by atomic mass is 9.90. The predicted octanol–water partition coefficient (Wildman–Crippen LogP) is 13.6. The van der Waals surface area contributed by atoms with Gasteiger partial charge in [-0.1, -0.05) is 140 Å². The van der Waals surface area contributed by atoms with Crippen molar-refractivity contribution >= 4 is 84.6 Å². The smallest absolute Gasteiger partial charge is 0.164 e. The van der Waals surface area contributed by atoms with Crippen LogP contribution in [0.2, 0.25) is 0 Å². The summed E-state index contributed by atoms with van der Waals surface area (Å²) in [5, 5.41) is 10.2. The van der Waals surface area contributed by atoms with Gasteiger partial charge in [0, 0.05) is 62.4 Å². The number of hydrogen-bond donors (Lipinski definition) is 0. The summed E-state index contributed by atoms with van der Waals surface area (Å²) >= 11 is 3.79. The van der Waals surface area contributed by atoms with Gasteiger partial charge in [0.15, 0.2) is 17.5 Å². The second kappa shape index (κ2) is 11.6. The molecule has 0 aliphatic carbocycles. The van der Waals surface area contributed by atoms with Gasteiger partial charge in [-0.3, -0.25) is 0 Å². The molecular formula is C47H27N3S2. The average molecular weight is 698 g/mol. The zero-order valence-electron chi connectivity index (χ0n) is 27.7. The fourth-order valence-electron chi connectivity index (χ4n) is 7.78. The van der Waals surface area contributed by atoms with Crippen LogP contribution in [-0.2, 0) is 0 Å². The second-order valence-electron chi connectivity index (χ2n) is 13.1. The van der Waals surface area contributed by atoms with E-state index in [9.17, 15) is 0 Å². The summed E-state index contributed by atoms with van der Waals surface area (Å²) in [6, 6.07) is 58.3. The minimum Gasteiger partial charge on any atom is -0.208 e. The zero-order valence-corrected chi connectivity index (χ0v) is 29.4. The summed E-state index contributed by atoms with van der Waals surface area (Å²) in [6.07, 6.45) is 0. The van der Waals surface area contributed by atoms with E-state index in [0.29, 0.717) is 17.5 Å². The Kier molecular flexibility index (Phi) is 6.59. The third kappa shape index (κ3) is 4.53. The largest absolute Gasteiger partial charge is 0.208 e. The van der Waals surface area contributed by atoms with Crippen molar-refractivity contribution in [2.45, 2.75) is 0 Å². The highest BCUT2D eigenvalue weighted by molar-refractivity contribution is 7.28. The molecule has 0 fully saturated rings. The standard InChI is InChI=1S/C47H27N3S2/c1-3-13-28(14-4-1)45-48-46(29-15-5-2-6-16-29)50-47(49-45)36-26-23-32(30-17-7-8-18-31(30)36)38-27-41-42(37-20-10-12-22-40(37)51-41)43-34(38)24-25-35-33-19-9-11-21-39(33)52-44(35)43/h1-27H. The van der Waals surface area contributed by atoms with E-state index >= 15 is 0 Å². The summed E-state index contributed by atoms with van der Waals surface area (Å²) in [4.78, 5) is 15.2. The number of aromatic nitrogens is 3. The molecule has 3 heterocycles. The van der Waals surface area contributed by atoms with Crippen LogP contribution in [0.5, 0.6) is 0 Å². The Balaban J connectivity index is 1.20. The van der Waals surface area contributed by atoms with Crippen molar-refractivity contribution < 1.29 is 0 Å². The summed E-state index contributed by atoms with van der Waals surface area (Å²) in [7, 11) is 0. The first-order chi connectivity index (χ1) is 25.8. The van der Waals surface area contributed by atoms with Crippen LogP contribution < -0.4 is 0 Å². The van der Waals surface area contributed by atoms with Crippen LogP contribution >= 0.6 is 22.7 Å². The Hall–Kier alpha value is -6.27. The molecule has 0 bridgehead atoms. The van der Waals surface area contributed by atoms with E-state index in [1.54, 1.807) is 0 Å². The highest BCUT2D eigenvalue weighted by atomic mass is 32.1. The molecule has 0 unspecified atom stereocenters. The van der Waals surface area contributed by atoms with Crippen molar-refractivity contribution in [1.82, 2.24) is 15.0 Å². The number of fused-ring (bicyclic) bond motifs is 10. The first-order valence-electron chi connectivity index (χ1n) is 17.4. The first kappa shape index (κ1) is 29.5.